The summed E-state index contributed by atoms with van der Waals surface area (Å²) in [5, 5.41) is 6.29. The summed E-state index contributed by atoms with van der Waals surface area (Å²) in [7, 11) is 1.92. The first kappa shape index (κ1) is 15.6. The van der Waals surface area contributed by atoms with Crippen LogP contribution in [0.1, 0.15) is 18.5 Å². The lowest BCUT2D eigenvalue weighted by molar-refractivity contribution is -0.119. The standard InChI is InChI=1S/C18H19N3OS/c1-13(15-8-7-14-5-3-4-6-16(14)11-15)20-17(22)12-23-18-19-9-10-21(18)2/h3-11,13H,12H2,1-2H3,(H,20,22). The topological polar surface area (TPSA) is 46.9 Å². The first-order valence-corrected chi connectivity index (χ1v) is 8.50. The third-order valence-electron chi connectivity index (χ3n) is 3.76. The van der Waals surface area contributed by atoms with E-state index in [-0.39, 0.29) is 11.9 Å². The molecule has 5 heteroatoms. The number of amides is 1. The van der Waals surface area contributed by atoms with E-state index in [0.29, 0.717) is 5.75 Å². The molecule has 0 spiro atoms. The Bertz CT molecular complexity index is 828. The number of aromatic nitrogens is 2. The predicted molar refractivity (Wildman–Crippen MR) is 94.4 cm³/mol. The molecule has 23 heavy (non-hydrogen) atoms. The smallest absolute Gasteiger partial charge is 0.230 e. The van der Waals surface area contributed by atoms with E-state index in [9.17, 15) is 4.79 Å². The van der Waals surface area contributed by atoms with Crippen LogP contribution in [0.4, 0.5) is 0 Å². The molecule has 4 nitrogen and oxygen atoms in total. The van der Waals surface area contributed by atoms with Crippen molar-refractivity contribution in [3.8, 4) is 0 Å². The number of rotatable bonds is 5. The van der Waals surface area contributed by atoms with Gasteiger partial charge in [-0.3, -0.25) is 4.79 Å². The summed E-state index contributed by atoms with van der Waals surface area (Å²) in [6, 6.07) is 14.5. The second-order valence-corrected chi connectivity index (χ2v) is 6.45. The number of nitrogens with one attached hydrogen (secondary N) is 1. The zero-order chi connectivity index (χ0) is 16.2. The number of thioether (sulfide) groups is 1. The summed E-state index contributed by atoms with van der Waals surface area (Å²) in [5.41, 5.74) is 1.11. The van der Waals surface area contributed by atoms with Crippen LogP contribution in [0.25, 0.3) is 10.8 Å². The molecule has 1 heterocycles. The second kappa shape index (κ2) is 6.87. The number of hydrogen-bond acceptors (Lipinski definition) is 3. The molecule has 0 fully saturated rings. The summed E-state index contributed by atoms with van der Waals surface area (Å²) < 4.78 is 1.91. The molecule has 0 saturated carbocycles. The molecule has 0 aliphatic carbocycles. The number of imidazole rings is 1. The van der Waals surface area contributed by atoms with E-state index in [1.165, 1.54) is 22.5 Å². The van der Waals surface area contributed by atoms with Crippen LogP contribution in [0.2, 0.25) is 0 Å². The molecule has 1 atom stereocenters. The Kier molecular flexibility index (Phi) is 4.67. The van der Waals surface area contributed by atoms with Crippen molar-refractivity contribution in [2.45, 2.75) is 18.1 Å². The monoisotopic (exact) mass is 325 g/mol. The fraction of sp³-hybridized carbons (Fsp3) is 0.222. The van der Waals surface area contributed by atoms with Gasteiger partial charge in [0.15, 0.2) is 5.16 Å². The molecular weight excluding hydrogens is 306 g/mol. The molecular formula is C18H19N3OS. The fourth-order valence-corrected chi connectivity index (χ4v) is 3.21. The Morgan fingerprint density at radius 3 is 2.78 bits per heavy atom. The van der Waals surface area contributed by atoms with Gasteiger partial charge in [0.2, 0.25) is 5.91 Å². The molecule has 3 rings (SSSR count). The molecule has 0 aliphatic heterocycles. The highest BCUT2D eigenvalue weighted by atomic mass is 32.2. The summed E-state index contributed by atoms with van der Waals surface area (Å²) in [4.78, 5) is 16.3. The Hall–Kier alpha value is -2.27. The van der Waals surface area contributed by atoms with Gasteiger partial charge in [0.1, 0.15) is 0 Å². The molecule has 0 radical (unpaired) electrons. The molecule has 3 aromatic rings. The van der Waals surface area contributed by atoms with Crippen LogP contribution < -0.4 is 5.32 Å². The molecule has 118 valence electrons. The van der Waals surface area contributed by atoms with Crippen LogP contribution >= 0.6 is 11.8 Å². The van der Waals surface area contributed by atoms with E-state index in [2.05, 4.69) is 40.6 Å². The van der Waals surface area contributed by atoms with Crippen LogP contribution in [0.15, 0.2) is 60.0 Å². The Balaban J connectivity index is 1.62. The molecule has 2 aromatic carbocycles. The largest absolute Gasteiger partial charge is 0.349 e. The van der Waals surface area contributed by atoms with Crippen LogP contribution in [0, 0.1) is 0 Å². The lowest BCUT2D eigenvalue weighted by atomic mass is 10.0. The van der Waals surface area contributed by atoms with Crippen molar-refractivity contribution in [3.63, 3.8) is 0 Å². The molecule has 0 saturated heterocycles. The number of aryl methyl sites for hydroxylation is 1. The van der Waals surface area contributed by atoms with Crippen molar-refractivity contribution in [1.29, 1.82) is 0 Å². The minimum Gasteiger partial charge on any atom is -0.349 e. The maximum absolute atomic E-state index is 12.1. The zero-order valence-corrected chi connectivity index (χ0v) is 14.0. The van der Waals surface area contributed by atoms with Gasteiger partial charge in [-0.25, -0.2) is 4.98 Å². The van der Waals surface area contributed by atoms with E-state index in [4.69, 9.17) is 0 Å². The minimum absolute atomic E-state index is 0.0126. The first-order chi connectivity index (χ1) is 11.1. The Morgan fingerprint density at radius 2 is 2.04 bits per heavy atom. The molecule has 1 aromatic heterocycles. The van der Waals surface area contributed by atoms with Crippen molar-refractivity contribution < 1.29 is 4.79 Å². The van der Waals surface area contributed by atoms with Gasteiger partial charge in [0, 0.05) is 19.4 Å². The van der Waals surface area contributed by atoms with Gasteiger partial charge in [-0.2, -0.15) is 0 Å². The second-order valence-electron chi connectivity index (χ2n) is 5.51. The number of fused-ring (bicyclic) bond motifs is 1. The molecule has 0 bridgehead atoms. The third kappa shape index (κ3) is 3.74. The highest BCUT2D eigenvalue weighted by molar-refractivity contribution is 7.99. The van der Waals surface area contributed by atoms with Crippen LogP contribution in [0.5, 0.6) is 0 Å². The quantitative estimate of drug-likeness (QED) is 0.730. The third-order valence-corrected chi connectivity index (χ3v) is 4.82. The normalized spacial score (nSPS) is 12.3. The van der Waals surface area contributed by atoms with Crippen molar-refractivity contribution in [3.05, 3.63) is 60.4 Å². The van der Waals surface area contributed by atoms with E-state index >= 15 is 0 Å². The van der Waals surface area contributed by atoms with Gasteiger partial charge in [-0.1, -0.05) is 48.2 Å². The first-order valence-electron chi connectivity index (χ1n) is 7.51. The minimum atomic E-state index is -0.0194. The van der Waals surface area contributed by atoms with Crippen LogP contribution in [-0.4, -0.2) is 21.2 Å². The number of carbonyl (C=O) groups is 1. The Morgan fingerprint density at radius 1 is 1.26 bits per heavy atom. The maximum atomic E-state index is 12.1. The van der Waals surface area contributed by atoms with E-state index < -0.39 is 0 Å². The predicted octanol–water partition coefficient (Wildman–Crippen LogP) is 3.54. The van der Waals surface area contributed by atoms with Crippen LogP contribution in [-0.2, 0) is 11.8 Å². The van der Waals surface area contributed by atoms with Crippen LogP contribution in [0.3, 0.4) is 0 Å². The number of hydrogen-bond donors (Lipinski definition) is 1. The number of nitrogens with zero attached hydrogens (tertiary/aromatic N) is 2. The van der Waals surface area contributed by atoms with Crippen molar-refractivity contribution in [2.75, 3.05) is 5.75 Å². The highest BCUT2D eigenvalue weighted by Gasteiger charge is 2.11. The van der Waals surface area contributed by atoms with Gasteiger partial charge in [0.25, 0.3) is 0 Å². The van der Waals surface area contributed by atoms with Crippen molar-refractivity contribution in [1.82, 2.24) is 14.9 Å². The summed E-state index contributed by atoms with van der Waals surface area (Å²) in [6.45, 7) is 2.01. The average Bonchev–Trinajstić information content (AvgIpc) is 2.97. The van der Waals surface area contributed by atoms with Gasteiger partial charge in [0.05, 0.1) is 11.8 Å². The SMILES string of the molecule is CC(NC(=O)CSc1nccn1C)c1ccc2ccccc2c1. The number of benzene rings is 2. The van der Waals surface area contributed by atoms with E-state index in [1.807, 2.05) is 36.9 Å². The van der Waals surface area contributed by atoms with Gasteiger partial charge in [-0.05, 0) is 29.3 Å². The molecule has 1 unspecified atom stereocenters. The van der Waals surface area contributed by atoms with Crippen molar-refractivity contribution in [2.24, 2.45) is 7.05 Å². The van der Waals surface area contributed by atoms with E-state index in [1.54, 1.807) is 6.20 Å². The Labute approximate surface area is 139 Å². The molecule has 1 N–H and O–H groups in total. The maximum Gasteiger partial charge on any atom is 0.230 e. The van der Waals surface area contributed by atoms with Gasteiger partial charge < -0.3 is 9.88 Å². The number of carbonyl (C=O) groups excluding carboxylic acids is 1. The summed E-state index contributed by atoms with van der Waals surface area (Å²) in [5.74, 6) is 0.377. The lowest BCUT2D eigenvalue weighted by Crippen LogP contribution is -2.28. The van der Waals surface area contributed by atoms with E-state index in [0.717, 1.165) is 10.7 Å². The lowest BCUT2D eigenvalue weighted by Gasteiger charge is -2.15. The van der Waals surface area contributed by atoms with Crippen molar-refractivity contribution >= 4 is 28.4 Å². The zero-order valence-electron chi connectivity index (χ0n) is 13.2. The summed E-state index contributed by atoms with van der Waals surface area (Å²) in [6.07, 6.45) is 3.61. The fourth-order valence-electron chi connectivity index (χ4n) is 2.46. The van der Waals surface area contributed by atoms with Gasteiger partial charge >= 0.3 is 0 Å². The molecule has 1 amide bonds. The average molecular weight is 325 g/mol. The van der Waals surface area contributed by atoms with Gasteiger partial charge in [-0.15, -0.1) is 0 Å². The summed E-state index contributed by atoms with van der Waals surface area (Å²) >= 11 is 1.44. The highest BCUT2D eigenvalue weighted by Crippen LogP contribution is 2.21. The molecule has 0 aliphatic rings.